The summed E-state index contributed by atoms with van der Waals surface area (Å²) < 4.78 is 0. The molecule has 0 aliphatic carbocycles. The van der Waals surface area contributed by atoms with E-state index in [9.17, 15) is 9.59 Å². The minimum absolute atomic E-state index is 0.00146. The molecule has 1 fully saturated rings. The van der Waals surface area contributed by atoms with Gasteiger partial charge in [-0.25, -0.2) is 4.79 Å². The third kappa shape index (κ3) is 3.10. The summed E-state index contributed by atoms with van der Waals surface area (Å²) in [5.74, 6) is -1.27. The van der Waals surface area contributed by atoms with Crippen LogP contribution in [0.4, 0.5) is 4.79 Å². The van der Waals surface area contributed by atoms with Gasteiger partial charge in [0.25, 0.3) is 0 Å². The molecule has 5 nitrogen and oxygen atoms in total. The second-order valence-electron chi connectivity index (χ2n) is 5.45. The number of carbonyl (C=O) groups is 2. The van der Waals surface area contributed by atoms with Crippen molar-refractivity contribution in [2.75, 3.05) is 20.1 Å². The fraction of sp³-hybridized carbons (Fsp3) is 0.467. The molecule has 0 saturated carbocycles. The number of benzene rings is 1. The molecule has 1 saturated heterocycles. The molecular weight excluding hydrogens is 256 g/mol. The Morgan fingerprint density at radius 3 is 2.50 bits per heavy atom. The Bertz CT molecular complexity index is 489. The predicted molar refractivity (Wildman–Crippen MR) is 75.2 cm³/mol. The number of rotatable bonds is 3. The van der Waals surface area contributed by atoms with Gasteiger partial charge in [-0.15, -0.1) is 0 Å². The van der Waals surface area contributed by atoms with E-state index in [-0.39, 0.29) is 11.9 Å². The Kier molecular flexibility index (Phi) is 4.27. The first-order valence-electron chi connectivity index (χ1n) is 6.76. The van der Waals surface area contributed by atoms with Gasteiger partial charge in [-0.3, -0.25) is 4.79 Å². The molecular formula is C15H20N2O3. The largest absolute Gasteiger partial charge is 0.481 e. The quantitative estimate of drug-likeness (QED) is 0.917. The second-order valence-corrected chi connectivity index (χ2v) is 5.45. The smallest absolute Gasteiger partial charge is 0.320 e. The topological polar surface area (TPSA) is 60.9 Å². The molecule has 0 bridgehead atoms. The summed E-state index contributed by atoms with van der Waals surface area (Å²) in [5, 5.41) is 9.11. The molecule has 1 aromatic rings. The maximum Gasteiger partial charge on any atom is 0.320 e. The van der Waals surface area contributed by atoms with Crippen LogP contribution in [-0.4, -0.2) is 47.0 Å². The van der Waals surface area contributed by atoms with E-state index in [0.717, 1.165) is 5.56 Å². The lowest BCUT2D eigenvalue weighted by molar-refractivity contribution is -0.142. The minimum Gasteiger partial charge on any atom is -0.481 e. The summed E-state index contributed by atoms with van der Waals surface area (Å²) in [5.41, 5.74) is 1.06. The summed E-state index contributed by atoms with van der Waals surface area (Å²) in [6.45, 7) is 3.22. The first-order valence-corrected chi connectivity index (χ1v) is 6.76. The van der Waals surface area contributed by atoms with Crippen molar-refractivity contribution in [3.8, 4) is 0 Å². The van der Waals surface area contributed by atoms with Crippen LogP contribution in [0.25, 0.3) is 0 Å². The predicted octanol–water partition coefficient (Wildman–Crippen LogP) is 1.89. The average molecular weight is 276 g/mol. The molecule has 5 heteroatoms. The highest BCUT2D eigenvalue weighted by Gasteiger charge is 2.37. The van der Waals surface area contributed by atoms with Crippen LogP contribution >= 0.6 is 0 Å². The van der Waals surface area contributed by atoms with Gasteiger partial charge in [-0.05, 0) is 11.5 Å². The summed E-state index contributed by atoms with van der Waals surface area (Å²) >= 11 is 0. The van der Waals surface area contributed by atoms with Crippen molar-refractivity contribution in [3.63, 3.8) is 0 Å². The number of hydrogen-bond acceptors (Lipinski definition) is 2. The fourth-order valence-corrected chi connectivity index (χ4v) is 2.61. The average Bonchev–Trinajstić information content (AvgIpc) is 2.81. The van der Waals surface area contributed by atoms with Gasteiger partial charge in [0.05, 0.1) is 5.92 Å². The molecule has 0 spiro atoms. The maximum absolute atomic E-state index is 12.3. The minimum atomic E-state index is -0.821. The van der Waals surface area contributed by atoms with Crippen LogP contribution in [0.2, 0.25) is 0 Å². The Morgan fingerprint density at radius 1 is 1.30 bits per heavy atom. The molecule has 2 rings (SSSR count). The van der Waals surface area contributed by atoms with Crippen molar-refractivity contribution < 1.29 is 14.7 Å². The van der Waals surface area contributed by atoms with E-state index in [2.05, 4.69) is 0 Å². The number of carboxylic acids is 1. The first kappa shape index (κ1) is 14.4. The molecule has 1 N–H and O–H groups in total. The third-order valence-corrected chi connectivity index (χ3v) is 3.79. The Balaban J connectivity index is 1.96. The SMILES string of the molecule is CC1CN(C(=O)N(C)Cc2ccccc2)CC1C(=O)O. The first-order chi connectivity index (χ1) is 9.49. The van der Waals surface area contributed by atoms with Gasteiger partial charge in [0.2, 0.25) is 0 Å². The monoisotopic (exact) mass is 276 g/mol. The van der Waals surface area contributed by atoms with Crippen molar-refractivity contribution in [2.45, 2.75) is 13.5 Å². The number of aliphatic carboxylic acids is 1. The number of carboxylic acid groups (broad SMARTS) is 1. The van der Waals surface area contributed by atoms with Crippen LogP contribution in [-0.2, 0) is 11.3 Å². The lowest BCUT2D eigenvalue weighted by Gasteiger charge is -2.24. The molecule has 1 heterocycles. The van der Waals surface area contributed by atoms with Crippen LogP contribution in [0.15, 0.2) is 30.3 Å². The summed E-state index contributed by atoms with van der Waals surface area (Å²) in [6.07, 6.45) is 0. The van der Waals surface area contributed by atoms with Crippen LogP contribution in [0, 0.1) is 11.8 Å². The summed E-state index contributed by atoms with van der Waals surface area (Å²) in [4.78, 5) is 26.7. The van der Waals surface area contributed by atoms with Crippen LogP contribution in [0.5, 0.6) is 0 Å². The van der Waals surface area contributed by atoms with Gasteiger partial charge in [-0.2, -0.15) is 0 Å². The van der Waals surface area contributed by atoms with E-state index in [1.165, 1.54) is 0 Å². The number of amides is 2. The van der Waals surface area contributed by atoms with E-state index in [1.54, 1.807) is 16.8 Å². The Labute approximate surface area is 118 Å². The lowest BCUT2D eigenvalue weighted by Crippen LogP contribution is -2.39. The van der Waals surface area contributed by atoms with Gasteiger partial charge in [0.15, 0.2) is 0 Å². The molecule has 2 amide bonds. The van der Waals surface area contributed by atoms with Gasteiger partial charge < -0.3 is 14.9 Å². The normalized spacial score (nSPS) is 21.8. The molecule has 2 unspecified atom stereocenters. The third-order valence-electron chi connectivity index (χ3n) is 3.79. The van der Waals surface area contributed by atoms with Gasteiger partial charge in [-0.1, -0.05) is 37.3 Å². The molecule has 0 aromatic heterocycles. The van der Waals surface area contributed by atoms with E-state index < -0.39 is 11.9 Å². The summed E-state index contributed by atoms with van der Waals surface area (Å²) in [7, 11) is 1.74. The van der Waals surface area contributed by atoms with Crippen molar-refractivity contribution in [2.24, 2.45) is 11.8 Å². The van der Waals surface area contributed by atoms with Crippen LogP contribution in [0.1, 0.15) is 12.5 Å². The van der Waals surface area contributed by atoms with E-state index >= 15 is 0 Å². The molecule has 2 atom stereocenters. The summed E-state index contributed by atoms with van der Waals surface area (Å²) in [6, 6.07) is 9.64. The Morgan fingerprint density at radius 2 is 1.95 bits per heavy atom. The van der Waals surface area contributed by atoms with Crippen LogP contribution < -0.4 is 0 Å². The molecule has 20 heavy (non-hydrogen) atoms. The standard InChI is InChI=1S/C15H20N2O3/c1-11-8-17(10-13(11)14(18)19)15(20)16(2)9-12-6-4-3-5-7-12/h3-7,11,13H,8-10H2,1-2H3,(H,18,19). The maximum atomic E-state index is 12.3. The zero-order valence-corrected chi connectivity index (χ0v) is 11.8. The zero-order valence-electron chi connectivity index (χ0n) is 11.8. The fourth-order valence-electron chi connectivity index (χ4n) is 2.61. The molecule has 1 aromatic carbocycles. The lowest BCUT2D eigenvalue weighted by atomic mass is 9.99. The van der Waals surface area contributed by atoms with Crippen molar-refractivity contribution in [3.05, 3.63) is 35.9 Å². The number of urea groups is 1. The number of nitrogens with zero attached hydrogens (tertiary/aromatic N) is 2. The highest BCUT2D eigenvalue weighted by molar-refractivity contribution is 5.77. The number of likely N-dealkylation sites (tertiary alicyclic amines) is 1. The van der Waals surface area contributed by atoms with Gasteiger partial charge in [0, 0.05) is 26.7 Å². The van der Waals surface area contributed by atoms with Crippen molar-refractivity contribution in [1.29, 1.82) is 0 Å². The number of carbonyl (C=O) groups excluding carboxylic acids is 1. The van der Waals surface area contributed by atoms with Crippen LogP contribution in [0.3, 0.4) is 0 Å². The van der Waals surface area contributed by atoms with E-state index in [4.69, 9.17) is 5.11 Å². The molecule has 108 valence electrons. The second kappa shape index (κ2) is 5.94. The Hall–Kier alpha value is -2.04. The zero-order chi connectivity index (χ0) is 14.7. The molecule has 0 radical (unpaired) electrons. The highest BCUT2D eigenvalue weighted by atomic mass is 16.4. The van der Waals surface area contributed by atoms with Crippen molar-refractivity contribution >= 4 is 12.0 Å². The van der Waals surface area contributed by atoms with Gasteiger partial charge >= 0.3 is 12.0 Å². The molecule has 1 aliphatic heterocycles. The number of hydrogen-bond donors (Lipinski definition) is 1. The molecule has 1 aliphatic rings. The van der Waals surface area contributed by atoms with E-state index in [1.807, 2.05) is 37.3 Å². The highest BCUT2D eigenvalue weighted by Crippen LogP contribution is 2.24. The van der Waals surface area contributed by atoms with E-state index in [0.29, 0.717) is 19.6 Å². The van der Waals surface area contributed by atoms with Crippen molar-refractivity contribution in [1.82, 2.24) is 9.80 Å². The van der Waals surface area contributed by atoms with Gasteiger partial charge in [0.1, 0.15) is 0 Å².